The number of phenols is 2. The van der Waals surface area contributed by atoms with E-state index in [9.17, 15) is 19.8 Å². The summed E-state index contributed by atoms with van der Waals surface area (Å²) in [5, 5.41) is 36.6. The summed E-state index contributed by atoms with van der Waals surface area (Å²) < 4.78 is 5.30. The zero-order valence-electron chi connectivity index (χ0n) is 10.5. The molecule has 0 amide bonds. The molecule has 21 heavy (non-hydrogen) atoms. The van der Waals surface area contributed by atoms with Gasteiger partial charge < -0.3 is 25.2 Å². The highest BCUT2D eigenvalue weighted by Gasteiger charge is 2.13. The van der Waals surface area contributed by atoms with Crippen molar-refractivity contribution in [2.45, 2.75) is 0 Å². The lowest BCUT2D eigenvalue weighted by molar-refractivity contribution is 0.0682. The molecule has 0 fully saturated rings. The van der Waals surface area contributed by atoms with Crippen LogP contribution in [0.3, 0.4) is 0 Å². The first-order valence-corrected chi connectivity index (χ1v) is 5.69. The van der Waals surface area contributed by atoms with Gasteiger partial charge in [-0.05, 0) is 24.3 Å². The van der Waals surface area contributed by atoms with Gasteiger partial charge in [0.15, 0.2) is 0 Å². The monoisotopic (exact) mass is 290 g/mol. The first-order chi connectivity index (χ1) is 9.88. The minimum absolute atomic E-state index is 0.139. The van der Waals surface area contributed by atoms with Crippen molar-refractivity contribution in [3.05, 3.63) is 47.5 Å². The van der Waals surface area contributed by atoms with Crippen LogP contribution >= 0.6 is 0 Å². The summed E-state index contributed by atoms with van der Waals surface area (Å²) >= 11 is 0. The van der Waals surface area contributed by atoms with Crippen molar-refractivity contribution in [2.75, 3.05) is 0 Å². The minimum Gasteiger partial charge on any atom is -0.507 e. The second kappa shape index (κ2) is 5.41. The van der Waals surface area contributed by atoms with Crippen LogP contribution in [0, 0.1) is 0 Å². The number of aromatic hydroxyl groups is 2. The van der Waals surface area contributed by atoms with E-state index in [1.165, 1.54) is 24.3 Å². The van der Waals surface area contributed by atoms with Crippen molar-refractivity contribution in [2.24, 2.45) is 0 Å². The Balaban J connectivity index is 2.26. The van der Waals surface area contributed by atoms with Gasteiger partial charge in [0.2, 0.25) is 0 Å². The average Bonchev–Trinajstić information content (AvgIpc) is 2.37. The molecule has 0 saturated heterocycles. The number of aromatic carboxylic acids is 2. The molecule has 0 radical (unpaired) electrons. The molecule has 7 heteroatoms. The summed E-state index contributed by atoms with van der Waals surface area (Å²) in [5.74, 6) is -3.21. The van der Waals surface area contributed by atoms with Gasteiger partial charge in [-0.2, -0.15) is 0 Å². The van der Waals surface area contributed by atoms with Gasteiger partial charge in [-0.1, -0.05) is 0 Å². The Labute approximate surface area is 118 Å². The summed E-state index contributed by atoms with van der Waals surface area (Å²) in [6, 6.07) is 7.19. The molecule has 2 rings (SSSR count). The van der Waals surface area contributed by atoms with E-state index in [1.54, 1.807) is 0 Å². The van der Waals surface area contributed by atoms with Gasteiger partial charge in [0.25, 0.3) is 0 Å². The molecule has 108 valence electrons. The SMILES string of the molecule is O=C(O)c1ccc(Oc2ccc(C(=O)O)c(O)c2)cc1O. The lowest BCUT2D eigenvalue weighted by Gasteiger charge is -2.08. The molecule has 4 N–H and O–H groups in total. The van der Waals surface area contributed by atoms with E-state index in [2.05, 4.69) is 0 Å². The molecule has 0 aliphatic carbocycles. The number of rotatable bonds is 4. The molecular weight excluding hydrogens is 280 g/mol. The second-order valence-corrected chi connectivity index (χ2v) is 4.07. The maximum absolute atomic E-state index is 10.7. The van der Waals surface area contributed by atoms with Crippen molar-refractivity contribution in [1.82, 2.24) is 0 Å². The van der Waals surface area contributed by atoms with E-state index < -0.39 is 23.4 Å². The molecule has 0 atom stereocenters. The van der Waals surface area contributed by atoms with E-state index in [-0.39, 0.29) is 22.6 Å². The highest BCUT2D eigenvalue weighted by atomic mass is 16.5. The number of hydrogen-bond acceptors (Lipinski definition) is 5. The lowest BCUT2D eigenvalue weighted by Crippen LogP contribution is -1.97. The molecule has 0 aromatic heterocycles. The van der Waals surface area contributed by atoms with Crippen LogP contribution in [-0.4, -0.2) is 32.4 Å². The Morgan fingerprint density at radius 2 is 1.14 bits per heavy atom. The van der Waals surface area contributed by atoms with Gasteiger partial charge in [0.1, 0.15) is 34.1 Å². The summed E-state index contributed by atoms with van der Waals surface area (Å²) in [6.45, 7) is 0. The van der Waals surface area contributed by atoms with Crippen LogP contribution in [0.1, 0.15) is 20.7 Å². The summed E-state index contributed by atoms with van der Waals surface area (Å²) in [4.78, 5) is 21.5. The average molecular weight is 290 g/mol. The molecule has 0 unspecified atom stereocenters. The van der Waals surface area contributed by atoms with E-state index >= 15 is 0 Å². The minimum atomic E-state index is -1.28. The first-order valence-electron chi connectivity index (χ1n) is 5.69. The molecule has 0 saturated carbocycles. The Morgan fingerprint density at radius 1 is 0.762 bits per heavy atom. The van der Waals surface area contributed by atoms with E-state index in [4.69, 9.17) is 14.9 Å². The van der Waals surface area contributed by atoms with E-state index in [0.29, 0.717) is 0 Å². The number of benzene rings is 2. The lowest BCUT2D eigenvalue weighted by atomic mass is 10.2. The van der Waals surface area contributed by atoms with Crippen LogP contribution in [0.2, 0.25) is 0 Å². The molecule has 0 aliphatic heterocycles. The van der Waals surface area contributed by atoms with Crippen molar-refractivity contribution in [3.8, 4) is 23.0 Å². The van der Waals surface area contributed by atoms with E-state index in [1.807, 2.05) is 0 Å². The predicted octanol–water partition coefficient (Wildman–Crippen LogP) is 2.29. The van der Waals surface area contributed by atoms with Crippen molar-refractivity contribution < 1.29 is 34.8 Å². The third kappa shape index (κ3) is 3.03. The molecule has 0 bridgehead atoms. The number of carboxylic acids is 2. The number of carbonyl (C=O) groups is 2. The highest BCUT2D eigenvalue weighted by molar-refractivity contribution is 5.91. The molecule has 0 heterocycles. The highest BCUT2D eigenvalue weighted by Crippen LogP contribution is 2.30. The third-order valence-electron chi connectivity index (χ3n) is 2.63. The van der Waals surface area contributed by atoms with Gasteiger partial charge in [0.05, 0.1) is 0 Å². The fourth-order valence-corrected chi connectivity index (χ4v) is 1.65. The van der Waals surface area contributed by atoms with Gasteiger partial charge in [0, 0.05) is 12.1 Å². The summed E-state index contributed by atoms with van der Waals surface area (Å²) in [7, 11) is 0. The Morgan fingerprint density at radius 3 is 1.43 bits per heavy atom. The normalized spacial score (nSPS) is 10.1. The number of carboxylic acid groups (broad SMARTS) is 2. The van der Waals surface area contributed by atoms with Gasteiger partial charge in [-0.15, -0.1) is 0 Å². The smallest absolute Gasteiger partial charge is 0.339 e. The van der Waals surface area contributed by atoms with Gasteiger partial charge in [-0.3, -0.25) is 0 Å². The Hall–Kier alpha value is -3.22. The van der Waals surface area contributed by atoms with Gasteiger partial charge in [-0.25, -0.2) is 9.59 Å². The molecule has 0 spiro atoms. The van der Waals surface area contributed by atoms with Crippen molar-refractivity contribution >= 4 is 11.9 Å². The zero-order valence-corrected chi connectivity index (χ0v) is 10.5. The Bertz CT molecular complexity index is 660. The first kappa shape index (κ1) is 14.2. The van der Waals surface area contributed by atoms with Crippen LogP contribution in [0.25, 0.3) is 0 Å². The summed E-state index contributed by atoms with van der Waals surface area (Å²) in [6.07, 6.45) is 0. The maximum atomic E-state index is 10.7. The largest absolute Gasteiger partial charge is 0.507 e. The van der Waals surface area contributed by atoms with Crippen molar-refractivity contribution in [3.63, 3.8) is 0 Å². The second-order valence-electron chi connectivity index (χ2n) is 4.07. The molecule has 7 nitrogen and oxygen atoms in total. The predicted molar refractivity (Wildman–Crippen MR) is 70.2 cm³/mol. The maximum Gasteiger partial charge on any atom is 0.339 e. The quantitative estimate of drug-likeness (QED) is 0.680. The topological polar surface area (TPSA) is 124 Å². The standard InChI is InChI=1S/C14H10O7/c15-11-5-7(1-3-9(11)13(17)18)21-8-2-4-10(14(19)20)12(16)6-8/h1-6,15-16H,(H,17,18)(H,19,20). The molecular formula is C14H10O7. The zero-order chi connectivity index (χ0) is 15.6. The van der Waals surface area contributed by atoms with Crippen molar-refractivity contribution in [1.29, 1.82) is 0 Å². The molecule has 0 aliphatic rings. The third-order valence-corrected chi connectivity index (χ3v) is 2.63. The molecule has 2 aromatic carbocycles. The van der Waals surface area contributed by atoms with Crippen LogP contribution in [0.5, 0.6) is 23.0 Å². The van der Waals surface area contributed by atoms with Crippen LogP contribution in [0.4, 0.5) is 0 Å². The van der Waals surface area contributed by atoms with E-state index in [0.717, 1.165) is 12.1 Å². The van der Waals surface area contributed by atoms with Crippen LogP contribution in [0.15, 0.2) is 36.4 Å². The van der Waals surface area contributed by atoms with Crippen LogP contribution in [-0.2, 0) is 0 Å². The summed E-state index contributed by atoms with van der Waals surface area (Å²) in [5.41, 5.74) is -0.544. The van der Waals surface area contributed by atoms with Gasteiger partial charge >= 0.3 is 11.9 Å². The molecule has 2 aromatic rings. The number of hydrogen-bond donors (Lipinski definition) is 4. The fourth-order valence-electron chi connectivity index (χ4n) is 1.65. The number of ether oxygens (including phenoxy) is 1. The Kier molecular flexibility index (Phi) is 3.66. The van der Waals surface area contributed by atoms with Crippen LogP contribution < -0.4 is 4.74 Å². The fraction of sp³-hybridized carbons (Fsp3) is 0.